The number of fused-ring (bicyclic) bond motifs is 1. The van der Waals surface area contributed by atoms with E-state index in [1.165, 1.54) is 24.3 Å². The van der Waals surface area contributed by atoms with E-state index >= 15 is 0 Å². The standard InChI is InChI=1S/C22H23FN2O3S/c1-3-21(25(29(2,27)28)20-12-10-19(23)11-13-20)22(26)24-15-16-8-9-17-6-4-5-7-18(17)14-16/h4-14,21H,3,15H2,1-2H3,(H,24,26). The summed E-state index contributed by atoms with van der Waals surface area (Å²) in [5.41, 5.74) is 1.17. The lowest BCUT2D eigenvalue weighted by Gasteiger charge is -2.30. The largest absolute Gasteiger partial charge is 0.350 e. The van der Waals surface area contributed by atoms with Crippen molar-refractivity contribution in [3.63, 3.8) is 0 Å². The van der Waals surface area contributed by atoms with E-state index in [2.05, 4.69) is 5.32 Å². The molecular formula is C22H23FN2O3S. The van der Waals surface area contributed by atoms with Crippen LogP contribution in [-0.2, 0) is 21.4 Å². The molecule has 3 aromatic carbocycles. The van der Waals surface area contributed by atoms with Gasteiger partial charge in [-0.15, -0.1) is 0 Å². The fraction of sp³-hybridized carbons (Fsp3) is 0.227. The number of carbonyl (C=O) groups excluding carboxylic acids is 1. The van der Waals surface area contributed by atoms with Crippen LogP contribution in [0.3, 0.4) is 0 Å². The molecule has 0 aromatic heterocycles. The fourth-order valence-corrected chi connectivity index (χ4v) is 4.52. The molecular weight excluding hydrogens is 391 g/mol. The Morgan fingerprint density at radius 1 is 1.03 bits per heavy atom. The third-order valence-corrected chi connectivity index (χ3v) is 5.87. The topological polar surface area (TPSA) is 66.5 Å². The van der Waals surface area contributed by atoms with Crippen LogP contribution < -0.4 is 9.62 Å². The fourth-order valence-electron chi connectivity index (χ4n) is 3.30. The summed E-state index contributed by atoms with van der Waals surface area (Å²) in [5, 5.41) is 5.00. The summed E-state index contributed by atoms with van der Waals surface area (Å²) < 4.78 is 39.1. The highest BCUT2D eigenvalue weighted by atomic mass is 32.2. The Morgan fingerprint density at radius 2 is 1.69 bits per heavy atom. The quantitative estimate of drug-likeness (QED) is 0.639. The number of nitrogens with zero attached hydrogens (tertiary/aromatic N) is 1. The molecule has 3 rings (SSSR count). The highest BCUT2D eigenvalue weighted by Crippen LogP contribution is 2.23. The van der Waals surface area contributed by atoms with Gasteiger partial charge in [0.25, 0.3) is 0 Å². The SMILES string of the molecule is CCC(C(=O)NCc1ccc2ccccc2c1)N(c1ccc(F)cc1)S(C)(=O)=O. The van der Waals surface area contributed by atoms with Crippen LogP contribution in [0.5, 0.6) is 0 Å². The molecule has 7 heteroatoms. The van der Waals surface area contributed by atoms with Crippen molar-refractivity contribution in [3.05, 3.63) is 78.1 Å². The molecule has 0 aliphatic rings. The molecule has 3 aromatic rings. The van der Waals surface area contributed by atoms with E-state index in [1.807, 2.05) is 42.5 Å². The number of hydrogen-bond donors (Lipinski definition) is 1. The lowest BCUT2D eigenvalue weighted by Crippen LogP contribution is -2.49. The number of carbonyl (C=O) groups is 1. The Kier molecular flexibility index (Phi) is 6.17. The Balaban J connectivity index is 1.80. The van der Waals surface area contributed by atoms with Crippen LogP contribution in [0.4, 0.5) is 10.1 Å². The first-order valence-corrected chi connectivity index (χ1v) is 11.1. The van der Waals surface area contributed by atoms with Gasteiger partial charge < -0.3 is 5.32 Å². The van der Waals surface area contributed by atoms with Crippen LogP contribution in [0.1, 0.15) is 18.9 Å². The Labute approximate surface area is 170 Å². The minimum Gasteiger partial charge on any atom is -0.350 e. The van der Waals surface area contributed by atoms with Gasteiger partial charge in [-0.1, -0.05) is 43.3 Å². The van der Waals surface area contributed by atoms with E-state index < -0.39 is 27.8 Å². The minimum absolute atomic E-state index is 0.251. The Morgan fingerprint density at radius 3 is 2.31 bits per heavy atom. The van der Waals surface area contributed by atoms with Gasteiger partial charge in [0.1, 0.15) is 11.9 Å². The molecule has 0 spiro atoms. The first kappa shape index (κ1) is 20.8. The summed E-state index contributed by atoms with van der Waals surface area (Å²) in [6.45, 7) is 2.02. The minimum atomic E-state index is -3.75. The summed E-state index contributed by atoms with van der Waals surface area (Å²) in [7, 11) is -3.75. The summed E-state index contributed by atoms with van der Waals surface area (Å²) in [6, 6.07) is 17.9. The van der Waals surface area contributed by atoms with Gasteiger partial charge in [0.05, 0.1) is 11.9 Å². The Hall–Kier alpha value is -2.93. The third kappa shape index (κ3) is 4.92. The van der Waals surface area contributed by atoms with E-state index in [0.29, 0.717) is 0 Å². The van der Waals surface area contributed by atoms with Crippen LogP contribution in [0.15, 0.2) is 66.7 Å². The molecule has 0 saturated carbocycles. The maximum atomic E-state index is 13.3. The number of benzene rings is 3. The molecule has 0 heterocycles. The van der Waals surface area contributed by atoms with Crippen molar-refractivity contribution in [1.29, 1.82) is 0 Å². The van der Waals surface area contributed by atoms with E-state index in [4.69, 9.17) is 0 Å². The average Bonchev–Trinajstić information content (AvgIpc) is 2.70. The van der Waals surface area contributed by atoms with E-state index in [9.17, 15) is 17.6 Å². The van der Waals surface area contributed by atoms with Crippen molar-refractivity contribution in [3.8, 4) is 0 Å². The molecule has 0 aliphatic heterocycles. The molecule has 29 heavy (non-hydrogen) atoms. The summed E-state index contributed by atoms with van der Waals surface area (Å²) in [6.07, 6.45) is 1.31. The molecule has 0 aliphatic carbocycles. The van der Waals surface area contributed by atoms with Crippen molar-refractivity contribution >= 4 is 32.4 Å². The number of nitrogens with one attached hydrogen (secondary N) is 1. The van der Waals surface area contributed by atoms with Gasteiger partial charge in [-0.25, -0.2) is 12.8 Å². The van der Waals surface area contributed by atoms with Gasteiger partial charge in [-0.2, -0.15) is 0 Å². The van der Waals surface area contributed by atoms with Crippen molar-refractivity contribution in [2.75, 3.05) is 10.6 Å². The molecule has 0 radical (unpaired) electrons. The van der Waals surface area contributed by atoms with Crippen molar-refractivity contribution in [1.82, 2.24) is 5.32 Å². The molecule has 0 bridgehead atoms. The van der Waals surface area contributed by atoms with Gasteiger partial charge in [0.15, 0.2) is 0 Å². The maximum Gasteiger partial charge on any atom is 0.244 e. The van der Waals surface area contributed by atoms with Crippen LogP contribution >= 0.6 is 0 Å². The number of anilines is 1. The van der Waals surface area contributed by atoms with Gasteiger partial charge in [0, 0.05) is 6.54 Å². The first-order valence-electron chi connectivity index (χ1n) is 9.30. The molecule has 1 N–H and O–H groups in total. The number of amides is 1. The lowest BCUT2D eigenvalue weighted by atomic mass is 10.1. The Bertz CT molecular complexity index is 1110. The van der Waals surface area contributed by atoms with Gasteiger partial charge >= 0.3 is 0 Å². The highest BCUT2D eigenvalue weighted by molar-refractivity contribution is 7.92. The first-order chi connectivity index (χ1) is 13.8. The molecule has 1 amide bonds. The summed E-state index contributed by atoms with van der Waals surface area (Å²) in [5.74, 6) is -0.883. The average molecular weight is 415 g/mol. The van der Waals surface area contributed by atoms with Crippen LogP contribution in [0.2, 0.25) is 0 Å². The zero-order valence-electron chi connectivity index (χ0n) is 16.3. The number of halogens is 1. The molecule has 0 fully saturated rings. The number of rotatable bonds is 7. The van der Waals surface area contributed by atoms with E-state index in [-0.39, 0.29) is 18.7 Å². The molecule has 0 saturated heterocycles. The highest BCUT2D eigenvalue weighted by Gasteiger charge is 2.31. The smallest absolute Gasteiger partial charge is 0.244 e. The predicted molar refractivity (Wildman–Crippen MR) is 114 cm³/mol. The number of sulfonamides is 1. The second-order valence-electron chi connectivity index (χ2n) is 6.86. The molecule has 1 unspecified atom stereocenters. The zero-order chi connectivity index (χ0) is 21.0. The van der Waals surface area contributed by atoms with Crippen LogP contribution in [0, 0.1) is 5.82 Å². The predicted octanol–water partition coefficient (Wildman–Crippen LogP) is 3.84. The third-order valence-electron chi connectivity index (χ3n) is 4.69. The zero-order valence-corrected chi connectivity index (χ0v) is 17.1. The second-order valence-corrected chi connectivity index (χ2v) is 8.72. The van der Waals surface area contributed by atoms with Crippen molar-refractivity contribution in [2.45, 2.75) is 25.9 Å². The molecule has 1 atom stereocenters. The van der Waals surface area contributed by atoms with Gasteiger partial charge in [-0.3, -0.25) is 9.10 Å². The monoisotopic (exact) mass is 414 g/mol. The van der Waals surface area contributed by atoms with Crippen molar-refractivity contribution in [2.24, 2.45) is 0 Å². The van der Waals surface area contributed by atoms with Crippen molar-refractivity contribution < 1.29 is 17.6 Å². The maximum absolute atomic E-state index is 13.3. The molecule has 152 valence electrons. The van der Waals surface area contributed by atoms with E-state index in [0.717, 1.165) is 26.9 Å². The summed E-state index contributed by atoms with van der Waals surface area (Å²) in [4.78, 5) is 12.8. The molecule has 5 nitrogen and oxygen atoms in total. The normalized spacial score (nSPS) is 12.5. The van der Waals surface area contributed by atoms with Gasteiger partial charge in [0.2, 0.25) is 15.9 Å². The number of hydrogen-bond acceptors (Lipinski definition) is 3. The van der Waals surface area contributed by atoms with Crippen LogP contribution in [-0.4, -0.2) is 26.6 Å². The summed E-state index contributed by atoms with van der Waals surface area (Å²) >= 11 is 0. The lowest BCUT2D eigenvalue weighted by molar-refractivity contribution is -0.122. The second kappa shape index (κ2) is 8.61. The van der Waals surface area contributed by atoms with E-state index in [1.54, 1.807) is 6.92 Å². The van der Waals surface area contributed by atoms with Crippen LogP contribution in [0.25, 0.3) is 10.8 Å². The van der Waals surface area contributed by atoms with Gasteiger partial charge in [-0.05, 0) is 53.1 Å².